The van der Waals surface area contributed by atoms with Crippen molar-refractivity contribution in [3.63, 3.8) is 0 Å². The Bertz CT molecular complexity index is 630. The van der Waals surface area contributed by atoms with Crippen molar-refractivity contribution in [2.75, 3.05) is 6.54 Å². The molecule has 1 aromatic carbocycles. The van der Waals surface area contributed by atoms with Gasteiger partial charge in [0.05, 0.1) is 17.4 Å². The summed E-state index contributed by atoms with van der Waals surface area (Å²) in [5, 5.41) is 6.65. The molecule has 1 amide bonds. The Morgan fingerprint density at radius 1 is 1.41 bits per heavy atom. The molecule has 0 radical (unpaired) electrons. The SMILES string of the molecule is CC(CCNC1CCCC1)NC(=O)c1cccc2[nH]cnc12. The molecule has 118 valence electrons. The van der Waals surface area contributed by atoms with Crippen LogP contribution in [0.1, 0.15) is 49.4 Å². The Hall–Kier alpha value is -1.88. The lowest BCUT2D eigenvalue weighted by molar-refractivity contribution is 0.0940. The quantitative estimate of drug-likeness (QED) is 0.768. The van der Waals surface area contributed by atoms with Crippen molar-refractivity contribution in [2.24, 2.45) is 0 Å². The molecule has 5 heteroatoms. The fraction of sp³-hybridized carbons (Fsp3) is 0.529. The van der Waals surface area contributed by atoms with E-state index in [2.05, 4.69) is 27.5 Å². The molecular weight excluding hydrogens is 276 g/mol. The molecule has 1 aliphatic rings. The molecule has 0 aliphatic heterocycles. The summed E-state index contributed by atoms with van der Waals surface area (Å²) in [4.78, 5) is 19.7. The molecule has 22 heavy (non-hydrogen) atoms. The van der Waals surface area contributed by atoms with E-state index in [1.54, 1.807) is 6.33 Å². The zero-order chi connectivity index (χ0) is 15.4. The number of fused-ring (bicyclic) bond motifs is 1. The second kappa shape index (κ2) is 6.92. The number of carbonyl (C=O) groups is 1. The zero-order valence-electron chi connectivity index (χ0n) is 13.1. The van der Waals surface area contributed by atoms with Crippen molar-refractivity contribution < 1.29 is 4.79 Å². The third-order valence-electron chi connectivity index (χ3n) is 4.44. The van der Waals surface area contributed by atoms with E-state index in [4.69, 9.17) is 0 Å². The van der Waals surface area contributed by atoms with Crippen LogP contribution in [-0.4, -0.2) is 34.5 Å². The first-order chi connectivity index (χ1) is 10.7. The zero-order valence-corrected chi connectivity index (χ0v) is 13.1. The number of para-hydroxylation sites is 1. The number of carbonyl (C=O) groups excluding carboxylic acids is 1. The molecule has 1 aliphatic carbocycles. The third-order valence-corrected chi connectivity index (χ3v) is 4.44. The summed E-state index contributed by atoms with van der Waals surface area (Å²) >= 11 is 0. The van der Waals surface area contributed by atoms with Crippen LogP contribution in [0.25, 0.3) is 11.0 Å². The van der Waals surface area contributed by atoms with Gasteiger partial charge in [-0.1, -0.05) is 18.9 Å². The number of nitrogens with one attached hydrogen (secondary N) is 3. The second-order valence-corrected chi connectivity index (χ2v) is 6.20. The summed E-state index contributed by atoms with van der Waals surface area (Å²) in [5.74, 6) is -0.0499. The van der Waals surface area contributed by atoms with Gasteiger partial charge >= 0.3 is 0 Å². The van der Waals surface area contributed by atoms with Crippen LogP contribution >= 0.6 is 0 Å². The van der Waals surface area contributed by atoms with Gasteiger partial charge in [0.1, 0.15) is 5.52 Å². The molecule has 1 aromatic heterocycles. The molecule has 3 N–H and O–H groups in total. The van der Waals surface area contributed by atoms with Crippen molar-refractivity contribution in [3.05, 3.63) is 30.1 Å². The number of hydrogen-bond acceptors (Lipinski definition) is 3. The molecule has 2 aromatic rings. The molecular formula is C17H24N4O. The van der Waals surface area contributed by atoms with Crippen LogP contribution in [0.4, 0.5) is 0 Å². The number of aromatic nitrogens is 2. The molecule has 0 spiro atoms. The van der Waals surface area contributed by atoms with E-state index in [0.29, 0.717) is 11.6 Å². The normalized spacial score (nSPS) is 17.0. The highest BCUT2D eigenvalue weighted by Gasteiger charge is 2.16. The molecule has 1 saturated carbocycles. The first kappa shape index (κ1) is 15.0. The number of imidazole rings is 1. The number of benzene rings is 1. The van der Waals surface area contributed by atoms with Crippen LogP contribution in [0, 0.1) is 0 Å². The highest BCUT2D eigenvalue weighted by Crippen LogP contribution is 2.17. The van der Waals surface area contributed by atoms with Crippen LogP contribution in [0.15, 0.2) is 24.5 Å². The average Bonchev–Trinajstić information content (AvgIpc) is 3.17. The lowest BCUT2D eigenvalue weighted by atomic mass is 10.1. The third kappa shape index (κ3) is 3.47. The minimum Gasteiger partial charge on any atom is -0.349 e. The van der Waals surface area contributed by atoms with Crippen molar-refractivity contribution in [2.45, 2.75) is 51.1 Å². The highest BCUT2D eigenvalue weighted by atomic mass is 16.1. The second-order valence-electron chi connectivity index (χ2n) is 6.20. The fourth-order valence-corrected chi connectivity index (χ4v) is 3.16. The summed E-state index contributed by atoms with van der Waals surface area (Å²) in [6.07, 6.45) is 7.84. The van der Waals surface area contributed by atoms with Gasteiger partial charge in [0.25, 0.3) is 5.91 Å². The number of amides is 1. The Morgan fingerprint density at radius 2 is 2.23 bits per heavy atom. The topological polar surface area (TPSA) is 69.8 Å². The van der Waals surface area contributed by atoms with Crippen LogP contribution in [0.5, 0.6) is 0 Å². The van der Waals surface area contributed by atoms with Gasteiger partial charge in [-0.15, -0.1) is 0 Å². The van der Waals surface area contributed by atoms with Gasteiger partial charge in [0.2, 0.25) is 0 Å². The molecule has 1 heterocycles. The van der Waals surface area contributed by atoms with E-state index in [9.17, 15) is 4.79 Å². The van der Waals surface area contributed by atoms with Crippen molar-refractivity contribution in [3.8, 4) is 0 Å². The maximum atomic E-state index is 12.4. The Balaban J connectivity index is 1.51. The van der Waals surface area contributed by atoms with Crippen LogP contribution in [0.2, 0.25) is 0 Å². The molecule has 1 fully saturated rings. The van der Waals surface area contributed by atoms with E-state index in [1.165, 1.54) is 25.7 Å². The van der Waals surface area contributed by atoms with E-state index in [0.717, 1.165) is 24.0 Å². The van der Waals surface area contributed by atoms with E-state index < -0.39 is 0 Å². The summed E-state index contributed by atoms with van der Waals surface area (Å²) in [5.41, 5.74) is 2.26. The summed E-state index contributed by atoms with van der Waals surface area (Å²) < 4.78 is 0. The maximum absolute atomic E-state index is 12.4. The van der Waals surface area contributed by atoms with Gasteiger partial charge in [-0.05, 0) is 44.9 Å². The molecule has 3 rings (SSSR count). The number of nitrogens with zero attached hydrogens (tertiary/aromatic N) is 1. The summed E-state index contributed by atoms with van der Waals surface area (Å²) in [6.45, 7) is 3.01. The van der Waals surface area contributed by atoms with Gasteiger partial charge in [0.15, 0.2) is 0 Å². The number of H-pyrrole nitrogens is 1. The first-order valence-corrected chi connectivity index (χ1v) is 8.20. The van der Waals surface area contributed by atoms with Crippen molar-refractivity contribution >= 4 is 16.9 Å². The van der Waals surface area contributed by atoms with Gasteiger partial charge < -0.3 is 15.6 Å². The molecule has 0 saturated heterocycles. The van der Waals surface area contributed by atoms with Crippen molar-refractivity contribution in [1.82, 2.24) is 20.6 Å². The van der Waals surface area contributed by atoms with E-state index in [-0.39, 0.29) is 11.9 Å². The van der Waals surface area contributed by atoms with Crippen LogP contribution < -0.4 is 10.6 Å². The van der Waals surface area contributed by atoms with E-state index in [1.807, 2.05) is 18.2 Å². The van der Waals surface area contributed by atoms with Gasteiger partial charge in [0, 0.05) is 12.1 Å². The summed E-state index contributed by atoms with van der Waals surface area (Å²) in [6, 6.07) is 6.45. The smallest absolute Gasteiger partial charge is 0.253 e. The van der Waals surface area contributed by atoms with Gasteiger partial charge in [-0.2, -0.15) is 0 Å². The first-order valence-electron chi connectivity index (χ1n) is 8.20. The molecule has 0 bridgehead atoms. The largest absolute Gasteiger partial charge is 0.349 e. The standard InChI is InChI=1S/C17H24N4O/c1-12(9-10-18-13-5-2-3-6-13)21-17(22)14-7-4-8-15-16(14)20-11-19-15/h4,7-8,11-13,18H,2-3,5-6,9-10H2,1H3,(H,19,20)(H,21,22). The van der Waals surface area contributed by atoms with Gasteiger partial charge in [-0.25, -0.2) is 4.98 Å². The van der Waals surface area contributed by atoms with Crippen LogP contribution in [-0.2, 0) is 0 Å². The summed E-state index contributed by atoms with van der Waals surface area (Å²) in [7, 11) is 0. The predicted octanol–water partition coefficient (Wildman–Crippen LogP) is 2.60. The van der Waals surface area contributed by atoms with Gasteiger partial charge in [-0.3, -0.25) is 4.79 Å². The monoisotopic (exact) mass is 300 g/mol. The van der Waals surface area contributed by atoms with E-state index >= 15 is 0 Å². The molecule has 1 atom stereocenters. The average molecular weight is 300 g/mol. The number of aromatic amines is 1. The molecule has 1 unspecified atom stereocenters. The Morgan fingerprint density at radius 3 is 3.05 bits per heavy atom. The Labute approximate surface area is 130 Å². The maximum Gasteiger partial charge on any atom is 0.253 e. The highest BCUT2D eigenvalue weighted by molar-refractivity contribution is 6.04. The lowest BCUT2D eigenvalue weighted by Crippen LogP contribution is -2.36. The fourth-order valence-electron chi connectivity index (χ4n) is 3.16. The number of hydrogen-bond donors (Lipinski definition) is 3. The predicted molar refractivity (Wildman–Crippen MR) is 87.9 cm³/mol. The minimum atomic E-state index is -0.0499. The lowest BCUT2D eigenvalue weighted by Gasteiger charge is -2.17. The van der Waals surface area contributed by atoms with Crippen molar-refractivity contribution in [1.29, 1.82) is 0 Å². The minimum absolute atomic E-state index is 0.0499. The van der Waals surface area contributed by atoms with Crippen LogP contribution in [0.3, 0.4) is 0 Å². The number of rotatable bonds is 6. The molecule has 5 nitrogen and oxygen atoms in total. The Kier molecular flexibility index (Phi) is 4.73.